The van der Waals surface area contributed by atoms with Gasteiger partial charge >= 0.3 is 0 Å². The number of rotatable bonds is 5. The van der Waals surface area contributed by atoms with Crippen LogP contribution in [0.4, 0.5) is 0 Å². The van der Waals surface area contributed by atoms with Crippen LogP contribution in [0.5, 0.6) is 11.5 Å². The van der Waals surface area contributed by atoms with E-state index in [2.05, 4.69) is 0 Å². The van der Waals surface area contributed by atoms with Crippen LogP contribution in [0.15, 0.2) is 18.2 Å². The second kappa shape index (κ2) is 6.61. The molecule has 5 nitrogen and oxygen atoms in total. The average Bonchev–Trinajstić information content (AvgIpc) is 2.95. The van der Waals surface area contributed by atoms with Crippen molar-refractivity contribution in [3.8, 4) is 11.5 Å². The smallest absolute Gasteiger partial charge is 0.236 e. The van der Waals surface area contributed by atoms with E-state index < -0.39 is 0 Å². The molecule has 0 atom stereocenters. The Labute approximate surface area is 119 Å². The molecule has 2 rings (SSSR count). The van der Waals surface area contributed by atoms with E-state index in [0.717, 1.165) is 31.5 Å². The number of aromatic hydroxyl groups is 1. The van der Waals surface area contributed by atoms with Gasteiger partial charge < -0.3 is 14.7 Å². The minimum Gasteiger partial charge on any atom is -0.508 e. The van der Waals surface area contributed by atoms with Crippen LogP contribution >= 0.6 is 0 Å². The van der Waals surface area contributed by atoms with Gasteiger partial charge in [-0.25, -0.2) is 0 Å². The number of nitrogens with zero attached hydrogens (tertiary/aromatic N) is 2. The molecule has 1 aromatic carbocycles. The Morgan fingerprint density at radius 3 is 2.75 bits per heavy atom. The van der Waals surface area contributed by atoms with Crippen LogP contribution in [0.25, 0.3) is 0 Å². The Kier molecular flexibility index (Phi) is 4.84. The van der Waals surface area contributed by atoms with Gasteiger partial charge in [-0.3, -0.25) is 9.69 Å². The highest BCUT2D eigenvalue weighted by atomic mass is 16.5. The van der Waals surface area contributed by atoms with Crippen LogP contribution in [-0.4, -0.2) is 54.6 Å². The highest BCUT2D eigenvalue weighted by Gasteiger charge is 2.19. The minimum absolute atomic E-state index is 0.160. The molecule has 0 unspecified atom stereocenters. The summed E-state index contributed by atoms with van der Waals surface area (Å²) in [4.78, 5) is 15.9. The van der Waals surface area contributed by atoms with E-state index in [1.165, 1.54) is 0 Å². The van der Waals surface area contributed by atoms with Crippen LogP contribution in [-0.2, 0) is 11.3 Å². The number of methoxy groups -OCH3 is 1. The highest BCUT2D eigenvalue weighted by molar-refractivity contribution is 5.78. The number of benzene rings is 1. The number of carbonyl (C=O) groups is 1. The average molecular weight is 278 g/mol. The number of hydrogen-bond donors (Lipinski definition) is 1. The van der Waals surface area contributed by atoms with Crippen molar-refractivity contribution in [2.24, 2.45) is 0 Å². The number of likely N-dealkylation sites (tertiary alicyclic amines) is 1. The predicted octanol–water partition coefficient (Wildman–Crippen LogP) is 1.46. The molecule has 0 saturated carbocycles. The van der Waals surface area contributed by atoms with Crippen LogP contribution < -0.4 is 4.74 Å². The Morgan fingerprint density at radius 1 is 1.40 bits per heavy atom. The largest absolute Gasteiger partial charge is 0.508 e. The zero-order valence-corrected chi connectivity index (χ0v) is 12.1. The van der Waals surface area contributed by atoms with Gasteiger partial charge in [0.25, 0.3) is 0 Å². The molecule has 1 aliphatic rings. The molecule has 1 heterocycles. The zero-order chi connectivity index (χ0) is 14.5. The number of phenolic OH excluding ortho intramolecular Hbond substituents is 1. The first-order chi connectivity index (χ1) is 9.60. The summed E-state index contributed by atoms with van der Waals surface area (Å²) >= 11 is 0. The lowest BCUT2D eigenvalue weighted by molar-refractivity contribution is -0.131. The first kappa shape index (κ1) is 14.7. The molecule has 110 valence electrons. The maximum atomic E-state index is 12.1. The maximum absolute atomic E-state index is 12.1. The summed E-state index contributed by atoms with van der Waals surface area (Å²) in [5.74, 6) is 1.09. The van der Waals surface area contributed by atoms with Gasteiger partial charge in [-0.05, 0) is 38.1 Å². The van der Waals surface area contributed by atoms with Gasteiger partial charge in [-0.1, -0.05) is 0 Å². The van der Waals surface area contributed by atoms with E-state index in [1.807, 2.05) is 16.8 Å². The molecule has 0 aromatic heterocycles. The minimum atomic E-state index is 0.160. The topological polar surface area (TPSA) is 53.0 Å². The van der Waals surface area contributed by atoms with Crippen molar-refractivity contribution in [1.82, 2.24) is 9.80 Å². The normalized spacial score (nSPS) is 14.8. The van der Waals surface area contributed by atoms with Gasteiger partial charge in [0.05, 0.1) is 13.7 Å². The molecule has 1 amide bonds. The van der Waals surface area contributed by atoms with Crippen molar-refractivity contribution >= 4 is 5.91 Å². The highest BCUT2D eigenvalue weighted by Crippen LogP contribution is 2.23. The monoisotopic (exact) mass is 278 g/mol. The summed E-state index contributed by atoms with van der Waals surface area (Å²) in [5, 5.41) is 9.85. The van der Waals surface area contributed by atoms with Gasteiger partial charge in [0.1, 0.15) is 11.5 Å². The molecule has 1 fully saturated rings. The van der Waals surface area contributed by atoms with E-state index >= 15 is 0 Å². The van der Waals surface area contributed by atoms with Crippen molar-refractivity contribution in [3.63, 3.8) is 0 Å². The van der Waals surface area contributed by atoms with E-state index in [-0.39, 0.29) is 11.7 Å². The summed E-state index contributed by atoms with van der Waals surface area (Å²) in [6.45, 7) is 2.63. The summed E-state index contributed by atoms with van der Waals surface area (Å²) in [5.41, 5.74) is 0.765. The van der Waals surface area contributed by atoms with Gasteiger partial charge in [-0.15, -0.1) is 0 Å². The Morgan fingerprint density at radius 2 is 2.10 bits per heavy atom. The number of carbonyl (C=O) groups excluding carboxylic acids is 1. The fourth-order valence-corrected chi connectivity index (χ4v) is 2.46. The van der Waals surface area contributed by atoms with Crippen molar-refractivity contribution in [2.45, 2.75) is 19.4 Å². The lowest BCUT2D eigenvalue weighted by Crippen LogP contribution is -2.36. The van der Waals surface area contributed by atoms with E-state index in [1.54, 1.807) is 25.3 Å². The molecule has 1 aliphatic heterocycles. The van der Waals surface area contributed by atoms with E-state index in [9.17, 15) is 9.90 Å². The van der Waals surface area contributed by atoms with Crippen LogP contribution in [0.1, 0.15) is 18.4 Å². The third-order valence-corrected chi connectivity index (χ3v) is 3.59. The van der Waals surface area contributed by atoms with Crippen molar-refractivity contribution in [2.75, 3.05) is 33.8 Å². The molecular formula is C15H22N2O3. The van der Waals surface area contributed by atoms with Crippen molar-refractivity contribution < 1.29 is 14.6 Å². The van der Waals surface area contributed by atoms with Crippen molar-refractivity contribution in [1.29, 1.82) is 0 Å². The lowest BCUT2D eigenvalue weighted by atomic mass is 10.2. The number of likely N-dealkylation sites (N-methyl/N-ethyl adjacent to an activating group) is 1. The standard InChI is InChI=1S/C15H22N2O3/c1-16(11-15(19)17-7-3-4-8-17)10-12-9-13(20-2)5-6-14(12)18/h5-6,9,18H,3-4,7-8,10-11H2,1-2H3. The molecule has 20 heavy (non-hydrogen) atoms. The maximum Gasteiger partial charge on any atom is 0.236 e. The van der Waals surface area contributed by atoms with Gasteiger partial charge in [0.2, 0.25) is 5.91 Å². The summed E-state index contributed by atoms with van der Waals surface area (Å²) in [6, 6.07) is 5.13. The predicted molar refractivity (Wildman–Crippen MR) is 76.8 cm³/mol. The summed E-state index contributed by atoms with van der Waals surface area (Å²) < 4.78 is 5.15. The fourth-order valence-electron chi connectivity index (χ4n) is 2.46. The van der Waals surface area contributed by atoms with Gasteiger partial charge in [0.15, 0.2) is 0 Å². The molecule has 1 N–H and O–H groups in total. The van der Waals surface area contributed by atoms with Crippen LogP contribution in [0, 0.1) is 0 Å². The molecule has 0 radical (unpaired) electrons. The van der Waals surface area contributed by atoms with Crippen LogP contribution in [0.3, 0.4) is 0 Å². The first-order valence-corrected chi connectivity index (χ1v) is 6.92. The van der Waals surface area contributed by atoms with Crippen LogP contribution in [0.2, 0.25) is 0 Å². The molecule has 1 aromatic rings. The van der Waals surface area contributed by atoms with E-state index in [0.29, 0.717) is 18.8 Å². The fraction of sp³-hybridized carbons (Fsp3) is 0.533. The van der Waals surface area contributed by atoms with E-state index in [4.69, 9.17) is 4.74 Å². The molecule has 5 heteroatoms. The number of phenols is 1. The second-order valence-corrected chi connectivity index (χ2v) is 5.25. The third-order valence-electron chi connectivity index (χ3n) is 3.59. The SMILES string of the molecule is COc1ccc(O)c(CN(C)CC(=O)N2CCCC2)c1. The zero-order valence-electron chi connectivity index (χ0n) is 12.1. The summed E-state index contributed by atoms with van der Waals surface area (Å²) in [7, 11) is 3.48. The Bertz CT molecular complexity index is 470. The third kappa shape index (κ3) is 3.63. The second-order valence-electron chi connectivity index (χ2n) is 5.25. The first-order valence-electron chi connectivity index (χ1n) is 6.92. The molecule has 0 spiro atoms. The number of ether oxygens (including phenoxy) is 1. The Hall–Kier alpha value is -1.75. The van der Waals surface area contributed by atoms with Crippen molar-refractivity contribution in [3.05, 3.63) is 23.8 Å². The molecule has 0 bridgehead atoms. The molecular weight excluding hydrogens is 256 g/mol. The quantitative estimate of drug-likeness (QED) is 0.886. The van der Waals surface area contributed by atoms with Gasteiger partial charge in [-0.2, -0.15) is 0 Å². The molecule has 1 saturated heterocycles. The lowest BCUT2D eigenvalue weighted by Gasteiger charge is -2.21. The summed E-state index contributed by atoms with van der Waals surface area (Å²) in [6.07, 6.45) is 2.21. The Balaban J connectivity index is 1.93. The van der Waals surface area contributed by atoms with Gasteiger partial charge in [0, 0.05) is 25.2 Å². The number of amides is 1. The number of hydrogen-bond acceptors (Lipinski definition) is 4. The molecule has 0 aliphatic carbocycles.